The van der Waals surface area contributed by atoms with Gasteiger partial charge in [-0.05, 0) is 57.0 Å². The van der Waals surface area contributed by atoms with Gasteiger partial charge in [-0.3, -0.25) is 0 Å². The van der Waals surface area contributed by atoms with E-state index in [1.165, 1.54) is 0 Å². The molecule has 0 saturated carbocycles. The van der Waals surface area contributed by atoms with Crippen molar-refractivity contribution in [2.75, 3.05) is 0 Å². The average molecular weight is 619 g/mol. The van der Waals surface area contributed by atoms with Crippen molar-refractivity contribution < 1.29 is 43.1 Å². The van der Waals surface area contributed by atoms with E-state index in [1.54, 1.807) is 13.8 Å². The van der Waals surface area contributed by atoms with Crippen LogP contribution in [0.2, 0.25) is 36.3 Å². The zero-order valence-electron chi connectivity index (χ0n) is 27.6. The van der Waals surface area contributed by atoms with Gasteiger partial charge in [0.25, 0.3) is 0 Å². The van der Waals surface area contributed by atoms with Gasteiger partial charge in [-0.15, -0.1) is 6.42 Å². The summed E-state index contributed by atoms with van der Waals surface area (Å²) in [4.78, 5) is 0. The molecule has 2 aliphatic rings. The molecule has 0 aromatic carbocycles. The minimum absolute atomic E-state index is 0.0562. The van der Waals surface area contributed by atoms with Crippen LogP contribution in [-0.2, 0) is 27.8 Å². The van der Waals surface area contributed by atoms with Crippen molar-refractivity contribution in [1.29, 1.82) is 0 Å². The second kappa shape index (κ2) is 13.7. The molecule has 3 N–H and O–H groups in total. The fraction of sp³-hybridized carbons (Fsp3) is 0.933. The fourth-order valence-electron chi connectivity index (χ4n) is 4.55. The maximum atomic E-state index is 10.8. The average Bonchev–Trinajstić information content (AvgIpc) is 2.80. The molecule has 41 heavy (non-hydrogen) atoms. The summed E-state index contributed by atoms with van der Waals surface area (Å²) in [6.07, 6.45) is -1.39. The number of aliphatic hydroxyl groups excluding tert-OH is 3. The summed E-state index contributed by atoms with van der Waals surface area (Å²) in [7, 11) is -4.52. The summed E-state index contributed by atoms with van der Waals surface area (Å²) in [6, 6.07) is 0. The topological polar surface area (TPSA) is 116 Å². The van der Waals surface area contributed by atoms with Crippen LogP contribution in [0.3, 0.4) is 0 Å². The van der Waals surface area contributed by atoms with E-state index in [0.717, 1.165) is 0 Å². The molecule has 0 aliphatic carbocycles. The maximum Gasteiger partial charge on any atom is 0.193 e. The van der Waals surface area contributed by atoms with Gasteiger partial charge in [-0.1, -0.05) is 47.5 Å². The second-order valence-electron chi connectivity index (χ2n) is 14.9. The van der Waals surface area contributed by atoms with E-state index in [4.69, 9.17) is 34.2 Å². The van der Waals surface area contributed by atoms with Gasteiger partial charge in [0.2, 0.25) is 0 Å². The molecule has 0 aromatic heterocycles. The van der Waals surface area contributed by atoms with Crippen LogP contribution in [0, 0.1) is 12.3 Å². The van der Waals surface area contributed by atoms with Crippen LogP contribution in [0.5, 0.6) is 0 Å². The first-order valence-corrected chi connectivity index (χ1v) is 20.8. The Hall–Kier alpha value is -0.366. The minimum atomic E-state index is -2.26. The summed E-state index contributed by atoms with van der Waals surface area (Å²) in [5.74, 6) is 2.72. The van der Waals surface area contributed by atoms with E-state index < -0.39 is 84.2 Å². The Morgan fingerprint density at radius 3 is 1.88 bits per heavy atom. The maximum absolute atomic E-state index is 10.8. The molecule has 2 rings (SSSR count). The normalized spacial score (nSPS) is 34.5. The molecule has 0 bridgehead atoms. The molecule has 11 atom stereocenters. The Balaban J connectivity index is 2.31. The van der Waals surface area contributed by atoms with E-state index in [-0.39, 0.29) is 16.5 Å². The minimum Gasteiger partial charge on any atom is -0.411 e. The molecule has 2 heterocycles. The first kappa shape index (κ1) is 36.8. The molecule has 0 radical (unpaired) electrons. The zero-order valence-corrected chi connectivity index (χ0v) is 29.6. The van der Waals surface area contributed by atoms with Crippen LogP contribution < -0.4 is 0 Å². The molecule has 11 heteroatoms. The van der Waals surface area contributed by atoms with Gasteiger partial charge in [0, 0.05) is 12.8 Å². The Morgan fingerprint density at radius 2 is 1.41 bits per heavy atom. The van der Waals surface area contributed by atoms with Gasteiger partial charge in [0.1, 0.15) is 24.4 Å². The molecule has 2 saturated heterocycles. The summed E-state index contributed by atoms with van der Waals surface area (Å²) < 4.78 is 38.4. The van der Waals surface area contributed by atoms with Gasteiger partial charge in [-0.2, -0.15) is 0 Å². The van der Waals surface area contributed by atoms with Gasteiger partial charge in [0.05, 0.1) is 30.5 Å². The third-order valence-electron chi connectivity index (χ3n) is 9.33. The summed E-state index contributed by atoms with van der Waals surface area (Å²) in [5, 5.41) is 31.1. The van der Waals surface area contributed by atoms with Crippen molar-refractivity contribution in [2.24, 2.45) is 0 Å². The lowest BCUT2D eigenvalue weighted by molar-refractivity contribution is -0.318. The quantitative estimate of drug-likeness (QED) is 0.240. The van der Waals surface area contributed by atoms with E-state index >= 15 is 0 Å². The van der Waals surface area contributed by atoms with Gasteiger partial charge in [0.15, 0.2) is 29.2 Å². The van der Waals surface area contributed by atoms with Crippen molar-refractivity contribution in [3.8, 4) is 12.3 Å². The lowest BCUT2D eigenvalue weighted by atomic mass is 10.0. The highest BCUT2D eigenvalue weighted by Gasteiger charge is 2.49. The largest absolute Gasteiger partial charge is 0.411 e. The molecule has 0 unspecified atom stereocenters. The molecular weight excluding hydrogens is 560 g/mol. The van der Waals surface area contributed by atoms with E-state index in [1.807, 2.05) is 6.92 Å². The van der Waals surface area contributed by atoms with Crippen LogP contribution in [-0.4, -0.2) is 99.5 Å². The third-order valence-corrected chi connectivity index (χ3v) is 18.3. The number of terminal acetylenes is 1. The highest BCUT2D eigenvalue weighted by Crippen LogP contribution is 2.41. The second-order valence-corrected chi connectivity index (χ2v) is 24.4. The molecule has 2 fully saturated rings. The third kappa shape index (κ3) is 9.31. The van der Waals surface area contributed by atoms with E-state index in [0.29, 0.717) is 6.42 Å². The Morgan fingerprint density at radius 1 is 0.878 bits per heavy atom. The first-order chi connectivity index (χ1) is 18.5. The van der Waals surface area contributed by atoms with Crippen molar-refractivity contribution >= 4 is 16.6 Å². The van der Waals surface area contributed by atoms with Crippen LogP contribution in [0.25, 0.3) is 0 Å². The molecule has 0 spiro atoms. The molecule has 2 aliphatic heterocycles. The molecule has 240 valence electrons. The smallest absolute Gasteiger partial charge is 0.193 e. The Kier molecular flexibility index (Phi) is 12.3. The van der Waals surface area contributed by atoms with Gasteiger partial charge < -0.3 is 43.1 Å². The van der Waals surface area contributed by atoms with Gasteiger partial charge >= 0.3 is 0 Å². The first-order valence-electron chi connectivity index (χ1n) is 15.0. The summed E-state index contributed by atoms with van der Waals surface area (Å²) in [5.41, 5.74) is 0. The lowest BCUT2D eigenvalue weighted by Crippen LogP contribution is -2.58. The van der Waals surface area contributed by atoms with Gasteiger partial charge in [-0.25, -0.2) is 0 Å². The Labute approximate surface area is 250 Å². The predicted molar refractivity (Wildman–Crippen MR) is 164 cm³/mol. The number of hydrogen-bond acceptors (Lipinski definition) is 9. The zero-order chi connectivity index (χ0) is 31.7. The monoisotopic (exact) mass is 618 g/mol. The van der Waals surface area contributed by atoms with Crippen LogP contribution >= 0.6 is 0 Å². The van der Waals surface area contributed by atoms with Crippen LogP contribution in [0.15, 0.2) is 0 Å². The fourth-order valence-corrected chi connectivity index (χ4v) is 7.08. The van der Waals surface area contributed by atoms with E-state index in [2.05, 4.69) is 73.7 Å². The molecular formula is C30H58O9Si2. The van der Waals surface area contributed by atoms with E-state index in [9.17, 15) is 15.3 Å². The SMILES string of the molecule is C#C[C@H](O[Si](C)(C)C(C)(C)C)[C@H](O[C@H]1C[C@H](O[Si](C)(C)C(C)(C)C)[C@H](O[C@H]2C[C@H](O)[C@H](O)[C@@H](C)O2)[C@@H](C)O1)[C@@H](C)O. The molecule has 0 amide bonds. The van der Waals surface area contributed by atoms with Crippen molar-refractivity contribution in [3.63, 3.8) is 0 Å². The highest BCUT2D eigenvalue weighted by atomic mass is 28.4. The highest BCUT2D eigenvalue weighted by molar-refractivity contribution is 6.74. The number of hydrogen-bond donors (Lipinski definition) is 3. The number of ether oxygens (including phenoxy) is 4. The van der Waals surface area contributed by atoms with Crippen molar-refractivity contribution in [3.05, 3.63) is 0 Å². The van der Waals surface area contributed by atoms with Crippen molar-refractivity contribution in [2.45, 2.75) is 179 Å². The van der Waals surface area contributed by atoms with Crippen LogP contribution in [0.4, 0.5) is 0 Å². The van der Waals surface area contributed by atoms with Crippen LogP contribution in [0.1, 0.15) is 75.2 Å². The molecule has 9 nitrogen and oxygen atoms in total. The van der Waals surface area contributed by atoms with Crippen molar-refractivity contribution in [1.82, 2.24) is 0 Å². The number of rotatable bonds is 10. The lowest BCUT2D eigenvalue weighted by Gasteiger charge is -2.48. The predicted octanol–water partition coefficient (Wildman–Crippen LogP) is 4.54. The molecule has 0 aromatic rings. The summed E-state index contributed by atoms with van der Waals surface area (Å²) in [6.45, 7) is 26.8. The Bertz CT molecular complexity index is 865. The standard InChI is InChI=1S/C30H58O9Si2/c1-15-22(38-40(11,12)29(5,6)7)27(18(2)31)36-25-17-23(39-41(13,14)30(8,9)10)28(20(4)35-25)37-24-16-21(32)26(33)19(3)34-24/h1,18-28,31-33H,16-17H2,2-14H3/t18-,19-,20-,21+,22+,23+,24+,25+,26-,27-,28-/m1/s1. The summed E-state index contributed by atoms with van der Waals surface area (Å²) >= 11 is 0. The number of aliphatic hydroxyl groups is 3.